The molecular formula is C39H47N15O6. The lowest BCUT2D eigenvalue weighted by Gasteiger charge is -2.15. The largest absolute Gasteiger partial charge is 0.491 e. The number of pyridine rings is 1. The maximum atomic E-state index is 13.7. The second-order valence-corrected chi connectivity index (χ2v) is 13.7. The van der Waals surface area contributed by atoms with Crippen LogP contribution in [0.5, 0.6) is 5.75 Å². The van der Waals surface area contributed by atoms with E-state index in [1.807, 2.05) is 13.8 Å². The van der Waals surface area contributed by atoms with Gasteiger partial charge < -0.3 is 20.8 Å². The van der Waals surface area contributed by atoms with E-state index in [4.69, 9.17) is 21.2 Å². The Kier molecular flexibility index (Phi) is 12.7. The van der Waals surface area contributed by atoms with Gasteiger partial charge in [0, 0.05) is 58.5 Å². The molecule has 6 aromatic rings. The van der Waals surface area contributed by atoms with Crippen molar-refractivity contribution in [3.63, 3.8) is 0 Å². The monoisotopic (exact) mass is 821 g/mol. The van der Waals surface area contributed by atoms with E-state index in [0.29, 0.717) is 64.5 Å². The number of imidazole rings is 2. The number of carbonyl (C=O) groups excluding carboxylic acids is 5. The third kappa shape index (κ3) is 8.99. The van der Waals surface area contributed by atoms with Crippen LogP contribution < -0.4 is 32.3 Å². The topological polar surface area (TPSA) is 270 Å². The number of benzene rings is 1. The summed E-state index contributed by atoms with van der Waals surface area (Å²) in [5.41, 5.74) is 17.7. The fourth-order valence-electron chi connectivity index (χ4n) is 6.50. The highest BCUT2D eigenvalue weighted by Gasteiger charge is 2.23. The maximum Gasteiger partial charge on any atom is 0.276 e. The van der Waals surface area contributed by atoms with Gasteiger partial charge in [-0.2, -0.15) is 10.2 Å². The number of amides is 5. The van der Waals surface area contributed by atoms with Crippen molar-refractivity contribution in [1.82, 2.24) is 54.1 Å². The molecule has 0 spiro atoms. The summed E-state index contributed by atoms with van der Waals surface area (Å²) in [6, 6.07) is 7.85. The molecule has 0 aliphatic heterocycles. The maximum absolute atomic E-state index is 13.7. The number of nitrogens with two attached hydrogens (primary N) is 2. The van der Waals surface area contributed by atoms with Crippen molar-refractivity contribution in [2.45, 2.75) is 66.7 Å². The summed E-state index contributed by atoms with van der Waals surface area (Å²) in [5.74, 6) is -1.88. The van der Waals surface area contributed by atoms with Crippen molar-refractivity contribution >= 4 is 63.6 Å². The van der Waals surface area contributed by atoms with Crippen LogP contribution in [0.15, 0.2) is 48.7 Å². The van der Waals surface area contributed by atoms with Gasteiger partial charge in [-0.15, -0.1) is 0 Å². The number of fused-ring (bicyclic) bond motifs is 2. The van der Waals surface area contributed by atoms with Gasteiger partial charge in [0.2, 0.25) is 29.6 Å². The molecule has 0 bridgehead atoms. The molecule has 6 rings (SSSR count). The van der Waals surface area contributed by atoms with Gasteiger partial charge in [0.25, 0.3) is 11.8 Å². The smallest absolute Gasteiger partial charge is 0.276 e. The van der Waals surface area contributed by atoms with Crippen LogP contribution in [0, 0.1) is 13.8 Å². The Balaban J connectivity index is 1.36. The highest BCUT2D eigenvalue weighted by Crippen LogP contribution is 2.32. The molecule has 0 saturated carbocycles. The number of hydrogen-bond acceptors (Lipinski definition) is 12. The number of rotatable bonds is 18. The Hall–Kier alpha value is -7.42. The van der Waals surface area contributed by atoms with Crippen molar-refractivity contribution in [3.8, 4) is 5.75 Å². The van der Waals surface area contributed by atoms with E-state index >= 15 is 0 Å². The second-order valence-electron chi connectivity index (χ2n) is 13.7. The fraction of sp³-hybridized carbons (Fsp3) is 0.333. The highest BCUT2D eigenvalue weighted by atomic mass is 16.5. The van der Waals surface area contributed by atoms with Crippen LogP contribution in [-0.4, -0.2) is 98.9 Å². The number of nitrogens with zero attached hydrogens (tertiary/aromatic N) is 10. The molecule has 0 unspecified atom stereocenters. The molecule has 0 aliphatic rings. The van der Waals surface area contributed by atoms with E-state index in [1.165, 1.54) is 29.4 Å². The zero-order valence-electron chi connectivity index (χ0n) is 34.1. The van der Waals surface area contributed by atoms with Crippen molar-refractivity contribution in [3.05, 3.63) is 82.6 Å². The molecule has 0 saturated heterocycles. The Morgan fingerprint density at radius 1 is 0.783 bits per heavy atom. The van der Waals surface area contributed by atoms with Crippen molar-refractivity contribution in [2.24, 2.45) is 11.5 Å². The number of primary amides is 2. The lowest BCUT2D eigenvalue weighted by atomic mass is 10.1. The van der Waals surface area contributed by atoms with Crippen molar-refractivity contribution < 1.29 is 28.7 Å². The van der Waals surface area contributed by atoms with Crippen LogP contribution in [0.2, 0.25) is 0 Å². The van der Waals surface area contributed by atoms with Gasteiger partial charge in [0.1, 0.15) is 28.2 Å². The van der Waals surface area contributed by atoms with Gasteiger partial charge in [-0.1, -0.05) is 12.2 Å². The first-order valence-electron chi connectivity index (χ1n) is 19.2. The first-order valence-corrected chi connectivity index (χ1v) is 19.2. The number of ether oxygens (including phenoxy) is 1. The summed E-state index contributed by atoms with van der Waals surface area (Å²) in [4.78, 5) is 77.8. The van der Waals surface area contributed by atoms with Crippen LogP contribution in [0.25, 0.3) is 22.2 Å². The molecule has 314 valence electrons. The summed E-state index contributed by atoms with van der Waals surface area (Å²) in [6.45, 7) is 8.63. The van der Waals surface area contributed by atoms with Gasteiger partial charge in [-0.3, -0.25) is 53.5 Å². The standard InChI is InChI=1S/C39H47N15O6/c1-7-53-28(16-22(3)48-53)36(58)46-38-44-26-18-24(33(40)56)20-30(60-15-11-12-31(55)50(6)42-5)32(26)51(38)13-9-10-14-52-35-27(19-25(21-43-35)34(41)57)45-39(52)47-37(59)29-17-23(4)49-54(29)8-2/h9-10,16-21,42H,7-8,11-15H2,1-6H3,(H2,40,56)(H2,41,57)(H,44,46,58)(H,45,47,59)/b10-9+. The molecule has 21 nitrogen and oxygen atoms in total. The number of carbonyl (C=O) groups is 5. The molecule has 1 aromatic carbocycles. The van der Waals surface area contributed by atoms with E-state index in [0.717, 1.165) is 0 Å². The van der Waals surface area contributed by atoms with Crippen LogP contribution in [0.1, 0.15) is 79.8 Å². The first kappa shape index (κ1) is 42.2. The minimum Gasteiger partial charge on any atom is -0.491 e. The highest BCUT2D eigenvalue weighted by molar-refractivity contribution is 6.05. The quantitative estimate of drug-likeness (QED) is 0.0476. The number of hydrogen-bond donors (Lipinski definition) is 5. The molecule has 0 radical (unpaired) electrons. The Bertz CT molecular complexity index is 2650. The molecule has 5 aromatic heterocycles. The number of allylic oxidation sites excluding steroid dienone is 2. The average Bonchev–Trinajstić information content (AvgIpc) is 3.99. The van der Waals surface area contributed by atoms with Crippen LogP contribution >= 0.6 is 0 Å². The molecule has 0 fully saturated rings. The summed E-state index contributed by atoms with van der Waals surface area (Å²) in [7, 11) is 3.26. The molecule has 21 heteroatoms. The van der Waals surface area contributed by atoms with Gasteiger partial charge in [-0.05, 0) is 64.4 Å². The number of nitrogens with one attached hydrogen (secondary N) is 3. The Morgan fingerprint density at radius 3 is 1.90 bits per heavy atom. The van der Waals surface area contributed by atoms with Crippen molar-refractivity contribution in [1.29, 1.82) is 0 Å². The van der Waals surface area contributed by atoms with E-state index < -0.39 is 23.6 Å². The first-order chi connectivity index (χ1) is 28.7. The molecule has 7 N–H and O–H groups in total. The predicted octanol–water partition coefficient (Wildman–Crippen LogP) is 2.54. The van der Waals surface area contributed by atoms with E-state index in [2.05, 4.69) is 36.2 Å². The van der Waals surface area contributed by atoms with Gasteiger partial charge in [0.05, 0.1) is 29.1 Å². The number of aromatic nitrogens is 9. The zero-order valence-corrected chi connectivity index (χ0v) is 34.1. The van der Waals surface area contributed by atoms with Crippen molar-refractivity contribution in [2.75, 3.05) is 31.3 Å². The molecule has 5 heterocycles. The fourth-order valence-corrected chi connectivity index (χ4v) is 6.50. The molecule has 5 amide bonds. The minimum atomic E-state index is -0.712. The lowest BCUT2D eigenvalue weighted by Crippen LogP contribution is -2.36. The van der Waals surface area contributed by atoms with E-state index in [-0.39, 0.29) is 60.8 Å². The van der Waals surface area contributed by atoms with Gasteiger partial charge >= 0.3 is 0 Å². The van der Waals surface area contributed by atoms with Crippen LogP contribution in [-0.2, 0) is 31.0 Å². The minimum absolute atomic E-state index is 0.115. The Labute approximate surface area is 343 Å². The zero-order chi connectivity index (χ0) is 43.2. The third-order valence-corrected chi connectivity index (χ3v) is 9.52. The van der Waals surface area contributed by atoms with Crippen LogP contribution in [0.3, 0.4) is 0 Å². The SMILES string of the molecule is CCn1nc(C)cc1C(=O)Nc1nc2cc(C(N)=O)cnc2n1C/C=C/Cn1c(NC(=O)c2cc(C)nn2CC)nc2cc(C(N)=O)cc(OCCCC(=O)N(C)NC)c21. The summed E-state index contributed by atoms with van der Waals surface area (Å²) >= 11 is 0. The predicted molar refractivity (Wildman–Crippen MR) is 221 cm³/mol. The van der Waals surface area contributed by atoms with E-state index in [9.17, 15) is 24.0 Å². The average molecular weight is 822 g/mol. The summed E-state index contributed by atoms with van der Waals surface area (Å²) in [6.07, 6.45) is 5.49. The normalized spacial score (nSPS) is 11.4. The Morgan fingerprint density at radius 2 is 1.33 bits per heavy atom. The van der Waals surface area contributed by atoms with Gasteiger partial charge in [-0.25, -0.2) is 20.4 Å². The summed E-state index contributed by atoms with van der Waals surface area (Å²) in [5, 5.41) is 15.9. The molecule has 0 atom stereocenters. The number of aryl methyl sites for hydroxylation is 4. The third-order valence-electron chi connectivity index (χ3n) is 9.52. The molecule has 0 aliphatic carbocycles. The van der Waals surface area contributed by atoms with Crippen LogP contribution in [0.4, 0.5) is 11.9 Å². The second kappa shape index (κ2) is 18.0. The molecular weight excluding hydrogens is 775 g/mol. The van der Waals surface area contributed by atoms with E-state index in [1.54, 1.807) is 70.7 Å². The van der Waals surface area contributed by atoms with Gasteiger partial charge in [0.15, 0.2) is 5.65 Å². The molecule has 60 heavy (non-hydrogen) atoms. The lowest BCUT2D eigenvalue weighted by molar-refractivity contribution is -0.132. The number of hydrazine groups is 1. The number of anilines is 2. The summed E-state index contributed by atoms with van der Waals surface area (Å²) < 4.78 is 12.7.